The molecule has 1 fully saturated rings. The Hall–Kier alpha value is -1.89. The van der Waals surface area contributed by atoms with Gasteiger partial charge in [0.15, 0.2) is 5.65 Å². The minimum Gasteiger partial charge on any atom is -0.370 e. The van der Waals surface area contributed by atoms with Crippen molar-refractivity contribution in [2.75, 3.05) is 50.0 Å². The highest BCUT2D eigenvalue weighted by molar-refractivity contribution is 5.87. The van der Waals surface area contributed by atoms with Crippen LogP contribution in [0.25, 0.3) is 11.0 Å². The number of likely N-dealkylation sites (N-methyl/N-ethyl adjacent to an activating group) is 1. The quantitative estimate of drug-likeness (QED) is 0.882. The average molecular weight is 275 g/mol. The highest BCUT2D eigenvalue weighted by atomic mass is 15.3. The van der Waals surface area contributed by atoms with E-state index in [9.17, 15) is 0 Å². The summed E-state index contributed by atoms with van der Waals surface area (Å²) in [7, 11) is 4.06. The molecule has 7 nitrogen and oxygen atoms in total. The molecule has 1 aliphatic heterocycles. The van der Waals surface area contributed by atoms with Gasteiger partial charge in [0, 0.05) is 39.8 Å². The van der Waals surface area contributed by atoms with E-state index in [0.29, 0.717) is 0 Å². The summed E-state index contributed by atoms with van der Waals surface area (Å²) in [4.78, 5) is 13.9. The molecule has 3 heterocycles. The minimum atomic E-state index is 0.796. The molecule has 0 saturated carbocycles. The van der Waals surface area contributed by atoms with Crippen molar-refractivity contribution in [3.8, 4) is 0 Å². The molecule has 0 radical (unpaired) electrons. The molecule has 2 aromatic heterocycles. The van der Waals surface area contributed by atoms with Gasteiger partial charge in [-0.15, -0.1) is 0 Å². The van der Waals surface area contributed by atoms with Crippen LogP contribution in [0.15, 0.2) is 6.20 Å². The largest absolute Gasteiger partial charge is 0.370 e. The Labute approximate surface area is 118 Å². The van der Waals surface area contributed by atoms with Crippen LogP contribution in [0.1, 0.15) is 6.92 Å². The Kier molecular flexibility index (Phi) is 3.43. The second-order valence-electron chi connectivity index (χ2n) is 5.20. The maximum atomic E-state index is 4.68. The number of aromatic nitrogens is 4. The maximum absolute atomic E-state index is 4.68. The van der Waals surface area contributed by atoms with Crippen molar-refractivity contribution >= 4 is 22.8 Å². The molecule has 0 spiro atoms. The van der Waals surface area contributed by atoms with E-state index in [4.69, 9.17) is 0 Å². The summed E-state index contributed by atoms with van der Waals surface area (Å²) >= 11 is 0. The summed E-state index contributed by atoms with van der Waals surface area (Å²) in [6.45, 7) is 6.92. The minimum absolute atomic E-state index is 0.796. The number of nitrogens with one attached hydrogen (secondary N) is 1. The molecule has 1 aliphatic rings. The van der Waals surface area contributed by atoms with Gasteiger partial charge in [-0.2, -0.15) is 15.1 Å². The van der Waals surface area contributed by atoms with E-state index in [2.05, 4.69) is 44.2 Å². The van der Waals surface area contributed by atoms with Crippen LogP contribution in [0.3, 0.4) is 0 Å². The van der Waals surface area contributed by atoms with Crippen LogP contribution in [0.2, 0.25) is 0 Å². The monoisotopic (exact) mass is 275 g/mol. The average Bonchev–Trinajstić information content (AvgIpc) is 2.82. The highest BCUT2D eigenvalue weighted by Crippen LogP contribution is 2.23. The molecule has 3 rings (SSSR count). The molecule has 2 aromatic rings. The van der Waals surface area contributed by atoms with Crippen molar-refractivity contribution in [1.29, 1.82) is 0 Å². The second kappa shape index (κ2) is 5.24. The summed E-state index contributed by atoms with van der Waals surface area (Å²) in [5.74, 6) is 1.67. The number of fused-ring (bicyclic) bond motifs is 1. The van der Waals surface area contributed by atoms with Crippen molar-refractivity contribution in [3.63, 3.8) is 0 Å². The fourth-order valence-electron chi connectivity index (χ4n) is 2.46. The van der Waals surface area contributed by atoms with Crippen LogP contribution in [0.5, 0.6) is 0 Å². The maximum Gasteiger partial charge on any atom is 0.229 e. The first-order valence-corrected chi connectivity index (χ1v) is 7.06. The number of rotatable bonds is 3. The summed E-state index contributed by atoms with van der Waals surface area (Å²) in [6.07, 6.45) is 1.82. The van der Waals surface area contributed by atoms with Crippen molar-refractivity contribution in [2.24, 2.45) is 7.05 Å². The van der Waals surface area contributed by atoms with Crippen LogP contribution in [-0.2, 0) is 7.05 Å². The number of nitrogens with zero attached hydrogens (tertiary/aromatic N) is 6. The van der Waals surface area contributed by atoms with Crippen molar-refractivity contribution < 1.29 is 0 Å². The van der Waals surface area contributed by atoms with E-state index in [1.165, 1.54) is 0 Å². The first-order valence-electron chi connectivity index (χ1n) is 7.06. The van der Waals surface area contributed by atoms with Gasteiger partial charge < -0.3 is 15.1 Å². The summed E-state index contributed by atoms with van der Waals surface area (Å²) < 4.78 is 1.80. The summed E-state index contributed by atoms with van der Waals surface area (Å²) in [5, 5.41) is 8.57. The molecule has 0 aromatic carbocycles. The van der Waals surface area contributed by atoms with Gasteiger partial charge in [-0.3, -0.25) is 4.68 Å². The standard InChI is InChI=1S/C13H21N7/c1-4-14-11-10-9-15-19(3)12(10)17-13(16-11)20-7-5-18(2)6-8-20/h9H,4-8H2,1-3H3,(H,14,16,17). The van der Waals surface area contributed by atoms with Crippen LogP contribution >= 0.6 is 0 Å². The van der Waals surface area contributed by atoms with Crippen LogP contribution in [0, 0.1) is 0 Å². The smallest absolute Gasteiger partial charge is 0.229 e. The Morgan fingerprint density at radius 2 is 1.90 bits per heavy atom. The van der Waals surface area contributed by atoms with Crippen molar-refractivity contribution in [2.45, 2.75) is 6.92 Å². The van der Waals surface area contributed by atoms with E-state index in [1.54, 1.807) is 4.68 Å². The number of aryl methyl sites for hydroxylation is 1. The zero-order valence-corrected chi connectivity index (χ0v) is 12.3. The Morgan fingerprint density at radius 3 is 2.60 bits per heavy atom. The van der Waals surface area contributed by atoms with E-state index in [-0.39, 0.29) is 0 Å². The van der Waals surface area contributed by atoms with Crippen molar-refractivity contribution in [3.05, 3.63) is 6.20 Å². The molecule has 0 bridgehead atoms. The number of piperazine rings is 1. The molecule has 1 saturated heterocycles. The second-order valence-corrected chi connectivity index (χ2v) is 5.20. The van der Waals surface area contributed by atoms with Gasteiger partial charge in [0.25, 0.3) is 0 Å². The lowest BCUT2D eigenvalue weighted by Crippen LogP contribution is -2.45. The van der Waals surface area contributed by atoms with Crippen LogP contribution < -0.4 is 10.2 Å². The molecule has 0 aliphatic carbocycles. The number of hydrogen-bond donors (Lipinski definition) is 1. The fourth-order valence-corrected chi connectivity index (χ4v) is 2.46. The molecule has 20 heavy (non-hydrogen) atoms. The van der Waals surface area contributed by atoms with Crippen LogP contribution in [0.4, 0.5) is 11.8 Å². The first kappa shape index (κ1) is 13.1. The molecular weight excluding hydrogens is 254 g/mol. The van der Waals surface area contributed by atoms with Gasteiger partial charge in [0.1, 0.15) is 5.82 Å². The fraction of sp³-hybridized carbons (Fsp3) is 0.615. The van der Waals surface area contributed by atoms with E-state index >= 15 is 0 Å². The van der Waals surface area contributed by atoms with Gasteiger partial charge in [-0.25, -0.2) is 0 Å². The molecule has 1 N–H and O–H groups in total. The molecule has 7 heteroatoms. The zero-order valence-electron chi connectivity index (χ0n) is 12.3. The third-order valence-electron chi connectivity index (χ3n) is 3.71. The van der Waals surface area contributed by atoms with Gasteiger partial charge in [0.05, 0.1) is 11.6 Å². The van der Waals surface area contributed by atoms with Crippen molar-refractivity contribution in [1.82, 2.24) is 24.6 Å². The lowest BCUT2D eigenvalue weighted by Gasteiger charge is -2.32. The molecule has 0 unspecified atom stereocenters. The highest BCUT2D eigenvalue weighted by Gasteiger charge is 2.19. The number of anilines is 2. The lowest BCUT2D eigenvalue weighted by atomic mass is 10.3. The Bertz CT molecular complexity index is 598. The normalized spacial score (nSPS) is 16.9. The SMILES string of the molecule is CCNc1nc(N2CCN(C)CC2)nc2c1cnn2C. The van der Waals surface area contributed by atoms with Crippen LogP contribution in [-0.4, -0.2) is 64.4 Å². The number of hydrogen-bond acceptors (Lipinski definition) is 6. The van der Waals surface area contributed by atoms with Gasteiger partial charge in [-0.05, 0) is 14.0 Å². The van der Waals surface area contributed by atoms with Gasteiger partial charge >= 0.3 is 0 Å². The molecular formula is C13H21N7. The lowest BCUT2D eigenvalue weighted by molar-refractivity contribution is 0.311. The summed E-state index contributed by atoms with van der Waals surface area (Å²) in [6, 6.07) is 0. The Balaban J connectivity index is 2.00. The third kappa shape index (κ3) is 2.29. The van der Waals surface area contributed by atoms with E-state index in [1.807, 2.05) is 13.2 Å². The topological polar surface area (TPSA) is 62.1 Å². The zero-order chi connectivity index (χ0) is 14.1. The third-order valence-corrected chi connectivity index (χ3v) is 3.71. The van der Waals surface area contributed by atoms with Gasteiger partial charge in [-0.1, -0.05) is 0 Å². The first-order chi connectivity index (χ1) is 9.69. The Morgan fingerprint density at radius 1 is 1.15 bits per heavy atom. The molecule has 0 amide bonds. The van der Waals surface area contributed by atoms with E-state index < -0.39 is 0 Å². The molecule has 108 valence electrons. The van der Waals surface area contributed by atoms with E-state index in [0.717, 1.165) is 55.5 Å². The molecule has 0 atom stereocenters. The predicted molar refractivity (Wildman–Crippen MR) is 80.2 cm³/mol. The summed E-state index contributed by atoms with van der Waals surface area (Å²) in [5.41, 5.74) is 0.880. The predicted octanol–water partition coefficient (Wildman–Crippen LogP) is 0.547. The van der Waals surface area contributed by atoms with Gasteiger partial charge in [0.2, 0.25) is 5.95 Å².